The molecule has 0 radical (unpaired) electrons. The van der Waals surface area contributed by atoms with E-state index >= 15 is 0 Å². The van der Waals surface area contributed by atoms with E-state index in [2.05, 4.69) is 0 Å². The number of rotatable bonds is 3. The van der Waals surface area contributed by atoms with Gasteiger partial charge < -0.3 is 14.9 Å². The predicted octanol–water partition coefficient (Wildman–Crippen LogP) is -0.815. The normalized spacial score (nSPS) is 25.2. The summed E-state index contributed by atoms with van der Waals surface area (Å²) in [6.07, 6.45) is 0. The summed E-state index contributed by atoms with van der Waals surface area (Å²) in [5, 5.41) is 18.0. The first-order valence-electron chi connectivity index (χ1n) is 3.92. The van der Waals surface area contributed by atoms with Crippen molar-refractivity contribution in [3.05, 3.63) is 11.3 Å². The van der Waals surface area contributed by atoms with Gasteiger partial charge in [0.1, 0.15) is 5.76 Å². The standard InChI is InChI=1S/C8H15NO3/c1-9-3-8(12-2)6(4-10)7(9)5-11/h7,10-11H,3-5H2,1-2H3. The van der Waals surface area contributed by atoms with Gasteiger partial charge in [0, 0.05) is 5.57 Å². The Labute approximate surface area is 72.1 Å². The molecule has 1 atom stereocenters. The molecule has 0 aromatic carbocycles. The summed E-state index contributed by atoms with van der Waals surface area (Å²) in [6, 6.07) is -0.0788. The van der Waals surface area contributed by atoms with Gasteiger partial charge in [-0.05, 0) is 7.05 Å². The van der Waals surface area contributed by atoms with Gasteiger partial charge in [-0.25, -0.2) is 0 Å². The van der Waals surface area contributed by atoms with Crippen LogP contribution in [0.4, 0.5) is 0 Å². The number of aliphatic hydroxyl groups is 2. The van der Waals surface area contributed by atoms with E-state index in [1.165, 1.54) is 0 Å². The molecule has 0 fully saturated rings. The summed E-state index contributed by atoms with van der Waals surface area (Å²) >= 11 is 0. The van der Waals surface area contributed by atoms with Crippen LogP contribution in [0.5, 0.6) is 0 Å². The van der Waals surface area contributed by atoms with Crippen molar-refractivity contribution in [1.82, 2.24) is 4.90 Å². The quantitative estimate of drug-likeness (QED) is 0.586. The molecule has 0 saturated carbocycles. The van der Waals surface area contributed by atoms with Gasteiger partial charge in [0.2, 0.25) is 0 Å². The molecule has 4 nitrogen and oxygen atoms in total. The van der Waals surface area contributed by atoms with Crippen LogP contribution in [-0.4, -0.2) is 55.1 Å². The highest BCUT2D eigenvalue weighted by molar-refractivity contribution is 5.23. The molecule has 0 aliphatic carbocycles. The van der Waals surface area contributed by atoms with Crippen LogP contribution in [0.25, 0.3) is 0 Å². The van der Waals surface area contributed by atoms with Crippen LogP contribution in [0.2, 0.25) is 0 Å². The van der Waals surface area contributed by atoms with E-state index in [0.717, 1.165) is 11.3 Å². The molecule has 1 heterocycles. The van der Waals surface area contributed by atoms with Crippen molar-refractivity contribution >= 4 is 0 Å². The zero-order chi connectivity index (χ0) is 9.14. The van der Waals surface area contributed by atoms with Gasteiger partial charge in [0.25, 0.3) is 0 Å². The Kier molecular flexibility index (Phi) is 3.08. The number of methoxy groups -OCH3 is 1. The summed E-state index contributed by atoms with van der Waals surface area (Å²) in [7, 11) is 3.47. The van der Waals surface area contributed by atoms with Crippen LogP contribution in [0.1, 0.15) is 0 Å². The van der Waals surface area contributed by atoms with Crippen LogP contribution < -0.4 is 0 Å². The van der Waals surface area contributed by atoms with Crippen LogP contribution in [0.15, 0.2) is 11.3 Å². The van der Waals surface area contributed by atoms with Gasteiger partial charge in [-0.3, -0.25) is 4.90 Å². The highest BCUT2D eigenvalue weighted by Crippen LogP contribution is 2.22. The van der Waals surface area contributed by atoms with Crippen LogP contribution >= 0.6 is 0 Å². The third-order valence-electron chi connectivity index (χ3n) is 2.28. The van der Waals surface area contributed by atoms with Gasteiger partial charge in [0.05, 0.1) is 32.9 Å². The molecular formula is C8H15NO3. The molecule has 1 aliphatic rings. The van der Waals surface area contributed by atoms with E-state index in [-0.39, 0.29) is 19.3 Å². The average Bonchev–Trinajstić information content (AvgIpc) is 2.40. The maximum Gasteiger partial charge on any atom is 0.113 e. The number of hydrogen-bond donors (Lipinski definition) is 2. The Bertz CT molecular complexity index is 191. The summed E-state index contributed by atoms with van der Waals surface area (Å²) in [5.41, 5.74) is 0.794. The maximum absolute atomic E-state index is 9.01. The number of likely N-dealkylation sites (N-methyl/N-ethyl adjacent to an activating group) is 1. The van der Waals surface area contributed by atoms with Gasteiger partial charge in [-0.2, -0.15) is 0 Å². The lowest BCUT2D eigenvalue weighted by molar-refractivity contribution is 0.178. The van der Waals surface area contributed by atoms with Gasteiger partial charge >= 0.3 is 0 Å². The minimum absolute atomic E-state index is 0.0270. The molecule has 4 heteroatoms. The molecule has 1 aliphatic heterocycles. The van der Waals surface area contributed by atoms with Crippen molar-refractivity contribution in [3.8, 4) is 0 Å². The molecular weight excluding hydrogens is 158 g/mol. The summed E-state index contributed by atoms with van der Waals surface area (Å²) in [5.74, 6) is 0.777. The zero-order valence-electron chi connectivity index (χ0n) is 7.45. The molecule has 0 amide bonds. The fraction of sp³-hybridized carbons (Fsp3) is 0.750. The third-order valence-corrected chi connectivity index (χ3v) is 2.28. The lowest BCUT2D eigenvalue weighted by Crippen LogP contribution is -2.32. The predicted molar refractivity (Wildman–Crippen MR) is 44.6 cm³/mol. The fourth-order valence-electron chi connectivity index (χ4n) is 1.53. The van der Waals surface area contributed by atoms with Crippen molar-refractivity contribution in [2.75, 3.05) is 33.9 Å². The van der Waals surface area contributed by atoms with Gasteiger partial charge in [0.15, 0.2) is 0 Å². The van der Waals surface area contributed by atoms with E-state index in [1.807, 2.05) is 11.9 Å². The Morgan fingerprint density at radius 2 is 2.25 bits per heavy atom. The van der Waals surface area contributed by atoms with Crippen LogP contribution in [0.3, 0.4) is 0 Å². The Balaban J connectivity index is 2.80. The largest absolute Gasteiger partial charge is 0.500 e. The van der Waals surface area contributed by atoms with Crippen molar-refractivity contribution in [2.24, 2.45) is 0 Å². The molecule has 1 rings (SSSR count). The summed E-state index contributed by atoms with van der Waals surface area (Å²) in [4.78, 5) is 1.95. The monoisotopic (exact) mass is 173 g/mol. The average molecular weight is 173 g/mol. The second kappa shape index (κ2) is 3.89. The second-order valence-corrected chi connectivity index (χ2v) is 2.92. The number of hydrogen-bond acceptors (Lipinski definition) is 4. The van der Waals surface area contributed by atoms with Gasteiger partial charge in [-0.1, -0.05) is 0 Å². The van der Waals surface area contributed by atoms with Crippen molar-refractivity contribution in [3.63, 3.8) is 0 Å². The lowest BCUT2D eigenvalue weighted by atomic mass is 10.1. The van der Waals surface area contributed by atoms with Crippen LogP contribution in [0, 0.1) is 0 Å². The van der Waals surface area contributed by atoms with E-state index in [0.29, 0.717) is 6.54 Å². The van der Waals surface area contributed by atoms with Crippen molar-refractivity contribution in [1.29, 1.82) is 0 Å². The van der Waals surface area contributed by atoms with E-state index in [1.54, 1.807) is 7.11 Å². The lowest BCUT2D eigenvalue weighted by Gasteiger charge is -2.18. The first kappa shape index (κ1) is 9.51. The second-order valence-electron chi connectivity index (χ2n) is 2.92. The topological polar surface area (TPSA) is 52.9 Å². The molecule has 0 aromatic rings. The van der Waals surface area contributed by atoms with E-state index in [9.17, 15) is 0 Å². The molecule has 0 bridgehead atoms. The van der Waals surface area contributed by atoms with Crippen LogP contribution in [-0.2, 0) is 4.74 Å². The minimum atomic E-state index is -0.0788. The highest BCUT2D eigenvalue weighted by Gasteiger charge is 2.29. The smallest absolute Gasteiger partial charge is 0.113 e. The van der Waals surface area contributed by atoms with E-state index < -0.39 is 0 Å². The molecule has 2 N–H and O–H groups in total. The fourth-order valence-corrected chi connectivity index (χ4v) is 1.53. The Morgan fingerprint density at radius 1 is 1.58 bits per heavy atom. The van der Waals surface area contributed by atoms with E-state index in [4.69, 9.17) is 14.9 Å². The third kappa shape index (κ3) is 1.46. The molecule has 0 saturated heterocycles. The zero-order valence-corrected chi connectivity index (χ0v) is 7.45. The Hall–Kier alpha value is -0.580. The first-order chi connectivity index (χ1) is 5.74. The molecule has 0 spiro atoms. The minimum Gasteiger partial charge on any atom is -0.500 e. The van der Waals surface area contributed by atoms with Gasteiger partial charge in [-0.15, -0.1) is 0 Å². The SMILES string of the molecule is COC1=C(CO)C(CO)N(C)C1. The number of ether oxygens (including phenoxy) is 1. The molecule has 0 aromatic heterocycles. The van der Waals surface area contributed by atoms with Crippen molar-refractivity contribution < 1.29 is 14.9 Å². The highest BCUT2D eigenvalue weighted by atomic mass is 16.5. The first-order valence-corrected chi connectivity index (χ1v) is 3.92. The molecule has 70 valence electrons. The van der Waals surface area contributed by atoms with Crippen molar-refractivity contribution in [2.45, 2.75) is 6.04 Å². The molecule has 12 heavy (non-hydrogen) atoms. The summed E-state index contributed by atoms with van der Waals surface area (Å²) < 4.78 is 5.08. The Morgan fingerprint density at radius 3 is 2.67 bits per heavy atom. The summed E-state index contributed by atoms with van der Waals surface area (Å²) in [6.45, 7) is 0.648. The number of aliphatic hydroxyl groups excluding tert-OH is 2. The number of nitrogens with zero attached hydrogens (tertiary/aromatic N) is 1. The molecule has 1 unspecified atom stereocenters. The maximum atomic E-state index is 9.01.